The molecule has 0 saturated heterocycles. The fourth-order valence-electron chi connectivity index (χ4n) is 1.23. The Morgan fingerprint density at radius 2 is 2.31 bits per heavy atom. The van der Waals surface area contributed by atoms with Crippen LogP contribution in [0.25, 0.3) is 0 Å². The monoisotopic (exact) mass is 226 g/mol. The van der Waals surface area contributed by atoms with Crippen molar-refractivity contribution >= 4 is 11.9 Å². The molecule has 0 radical (unpaired) electrons. The number of nitrogens with one attached hydrogen (secondary N) is 1. The second kappa shape index (κ2) is 5.29. The molecule has 0 aliphatic carbocycles. The molecular formula is C10H14N2O4. The van der Waals surface area contributed by atoms with Crippen LogP contribution in [0, 0.1) is 5.92 Å². The van der Waals surface area contributed by atoms with E-state index in [4.69, 9.17) is 5.11 Å². The van der Waals surface area contributed by atoms with E-state index in [1.165, 1.54) is 12.3 Å². The molecule has 1 unspecified atom stereocenters. The zero-order valence-corrected chi connectivity index (χ0v) is 9.14. The van der Waals surface area contributed by atoms with Crippen LogP contribution in [0.15, 0.2) is 16.9 Å². The summed E-state index contributed by atoms with van der Waals surface area (Å²) in [4.78, 5) is 22.5. The van der Waals surface area contributed by atoms with Gasteiger partial charge in [-0.1, -0.05) is 25.4 Å². The lowest BCUT2D eigenvalue weighted by Crippen LogP contribution is -2.45. The molecular weight excluding hydrogens is 212 g/mol. The van der Waals surface area contributed by atoms with E-state index in [1.54, 1.807) is 6.92 Å². The molecule has 2 N–H and O–H groups in total. The van der Waals surface area contributed by atoms with Gasteiger partial charge in [-0.3, -0.25) is 4.79 Å². The van der Waals surface area contributed by atoms with E-state index in [-0.39, 0.29) is 11.6 Å². The molecule has 0 spiro atoms. The van der Waals surface area contributed by atoms with E-state index in [2.05, 4.69) is 15.0 Å². The number of rotatable bonds is 5. The van der Waals surface area contributed by atoms with E-state index in [0.29, 0.717) is 6.42 Å². The number of nitrogens with zero attached hydrogens (tertiary/aromatic N) is 1. The summed E-state index contributed by atoms with van der Waals surface area (Å²) in [5.41, 5.74) is 0.0783. The molecule has 6 nitrogen and oxygen atoms in total. The Kier molecular flexibility index (Phi) is 4.04. The maximum atomic E-state index is 11.5. The normalized spacial score (nSPS) is 14.1. The topological polar surface area (TPSA) is 92.4 Å². The number of aromatic nitrogens is 1. The summed E-state index contributed by atoms with van der Waals surface area (Å²) in [5, 5.41) is 14.8. The predicted octanol–water partition coefficient (Wildman–Crippen LogP) is 0.904. The Labute approximate surface area is 92.6 Å². The summed E-state index contributed by atoms with van der Waals surface area (Å²) in [6, 6.07) is 0.472. The first-order valence-corrected chi connectivity index (χ1v) is 5.00. The highest BCUT2D eigenvalue weighted by molar-refractivity contribution is 5.94. The zero-order chi connectivity index (χ0) is 12.1. The van der Waals surface area contributed by atoms with Gasteiger partial charge in [0.05, 0.1) is 0 Å². The molecule has 0 aromatic carbocycles. The summed E-state index contributed by atoms with van der Waals surface area (Å²) in [6.07, 6.45) is 1.92. The van der Waals surface area contributed by atoms with Crippen LogP contribution < -0.4 is 5.32 Å². The lowest BCUT2D eigenvalue weighted by atomic mass is 9.99. The Morgan fingerprint density at radius 3 is 2.75 bits per heavy atom. The minimum absolute atomic E-state index is 0.0783. The van der Waals surface area contributed by atoms with Crippen LogP contribution in [0.3, 0.4) is 0 Å². The molecule has 0 bridgehead atoms. The summed E-state index contributed by atoms with van der Waals surface area (Å²) in [7, 11) is 0. The van der Waals surface area contributed by atoms with Gasteiger partial charge >= 0.3 is 5.97 Å². The first-order chi connectivity index (χ1) is 7.56. The highest BCUT2D eigenvalue weighted by Crippen LogP contribution is 2.08. The summed E-state index contributed by atoms with van der Waals surface area (Å²) in [5.74, 6) is -1.74. The molecule has 1 aromatic rings. The number of amides is 1. The molecule has 1 aromatic heterocycles. The third-order valence-electron chi connectivity index (χ3n) is 2.44. The quantitative estimate of drug-likeness (QED) is 0.778. The predicted molar refractivity (Wildman–Crippen MR) is 54.8 cm³/mol. The standard InChI is InChI=1S/C10H14N2O4/c1-3-6(2)8(10(14)15)11-9(13)7-4-5-16-12-7/h4-6,8H,3H2,1-2H3,(H,11,13)(H,14,15)/t6?,8-/m0/s1. The molecule has 0 saturated carbocycles. The number of carboxylic acids is 1. The van der Waals surface area contributed by atoms with Crippen molar-refractivity contribution in [2.45, 2.75) is 26.3 Å². The highest BCUT2D eigenvalue weighted by atomic mass is 16.5. The maximum absolute atomic E-state index is 11.5. The molecule has 16 heavy (non-hydrogen) atoms. The molecule has 2 atom stereocenters. The number of aliphatic carboxylic acids is 1. The first kappa shape index (κ1) is 12.2. The second-order valence-electron chi connectivity index (χ2n) is 3.56. The fourth-order valence-corrected chi connectivity index (χ4v) is 1.23. The summed E-state index contributed by atoms with van der Waals surface area (Å²) in [6.45, 7) is 3.63. The number of carbonyl (C=O) groups excluding carboxylic acids is 1. The van der Waals surface area contributed by atoms with Gasteiger partial charge in [-0.25, -0.2) is 4.79 Å². The first-order valence-electron chi connectivity index (χ1n) is 5.00. The Balaban J connectivity index is 2.69. The van der Waals surface area contributed by atoms with Gasteiger partial charge in [0.1, 0.15) is 12.3 Å². The average Bonchev–Trinajstić information content (AvgIpc) is 2.77. The fraction of sp³-hybridized carbons (Fsp3) is 0.500. The lowest BCUT2D eigenvalue weighted by Gasteiger charge is -2.19. The lowest BCUT2D eigenvalue weighted by molar-refractivity contribution is -0.140. The second-order valence-corrected chi connectivity index (χ2v) is 3.56. The van der Waals surface area contributed by atoms with Gasteiger partial charge < -0.3 is 14.9 Å². The number of hydrogen-bond acceptors (Lipinski definition) is 4. The SMILES string of the molecule is CCC(C)[C@H](NC(=O)c1ccon1)C(=O)O. The van der Waals surface area contributed by atoms with Gasteiger partial charge in [0, 0.05) is 6.07 Å². The average molecular weight is 226 g/mol. The van der Waals surface area contributed by atoms with Crippen LogP contribution in [0.2, 0.25) is 0 Å². The van der Waals surface area contributed by atoms with Gasteiger partial charge in [0.25, 0.3) is 5.91 Å². The van der Waals surface area contributed by atoms with E-state index in [0.717, 1.165) is 0 Å². The van der Waals surface area contributed by atoms with Gasteiger partial charge in [-0.05, 0) is 5.92 Å². The van der Waals surface area contributed by atoms with Crippen molar-refractivity contribution in [3.63, 3.8) is 0 Å². The van der Waals surface area contributed by atoms with Crippen LogP contribution in [0.4, 0.5) is 0 Å². The van der Waals surface area contributed by atoms with Crippen LogP contribution in [0.1, 0.15) is 30.8 Å². The zero-order valence-electron chi connectivity index (χ0n) is 9.14. The van der Waals surface area contributed by atoms with Crippen molar-refractivity contribution in [1.29, 1.82) is 0 Å². The van der Waals surface area contributed by atoms with E-state index in [9.17, 15) is 9.59 Å². The molecule has 0 fully saturated rings. The number of hydrogen-bond donors (Lipinski definition) is 2. The van der Waals surface area contributed by atoms with Gasteiger partial charge in [0.2, 0.25) is 0 Å². The Hall–Kier alpha value is -1.85. The summed E-state index contributed by atoms with van der Waals surface area (Å²) >= 11 is 0. The minimum Gasteiger partial charge on any atom is -0.480 e. The van der Waals surface area contributed by atoms with Crippen molar-refractivity contribution in [2.75, 3.05) is 0 Å². The van der Waals surface area contributed by atoms with Gasteiger partial charge in [-0.15, -0.1) is 0 Å². The van der Waals surface area contributed by atoms with Crippen LogP contribution in [-0.2, 0) is 4.79 Å². The molecule has 1 rings (SSSR count). The van der Waals surface area contributed by atoms with Crippen LogP contribution in [-0.4, -0.2) is 28.2 Å². The largest absolute Gasteiger partial charge is 0.480 e. The Morgan fingerprint density at radius 1 is 1.62 bits per heavy atom. The van der Waals surface area contributed by atoms with Crippen molar-refractivity contribution in [1.82, 2.24) is 10.5 Å². The third kappa shape index (κ3) is 2.82. The third-order valence-corrected chi connectivity index (χ3v) is 2.44. The van der Waals surface area contributed by atoms with E-state index in [1.807, 2.05) is 6.92 Å². The Bertz CT molecular complexity index is 361. The van der Waals surface area contributed by atoms with Crippen LogP contribution in [0.5, 0.6) is 0 Å². The van der Waals surface area contributed by atoms with Gasteiger partial charge in [-0.2, -0.15) is 0 Å². The summed E-state index contributed by atoms with van der Waals surface area (Å²) < 4.78 is 4.51. The van der Waals surface area contributed by atoms with Crippen molar-refractivity contribution in [2.24, 2.45) is 5.92 Å². The smallest absolute Gasteiger partial charge is 0.326 e. The molecule has 6 heteroatoms. The maximum Gasteiger partial charge on any atom is 0.326 e. The van der Waals surface area contributed by atoms with Crippen molar-refractivity contribution in [3.05, 3.63) is 18.0 Å². The van der Waals surface area contributed by atoms with Gasteiger partial charge in [0.15, 0.2) is 5.69 Å². The molecule has 0 aliphatic heterocycles. The molecule has 1 heterocycles. The minimum atomic E-state index is -1.05. The van der Waals surface area contributed by atoms with Crippen molar-refractivity contribution in [3.8, 4) is 0 Å². The molecule has 1 amide bonds. The molecule has 88 valence electrons. The highest BCUT2D eigenvalue weighted by Gasteiger charge is 2.26. The van der Waals surface area contributed by atoms with Crippen molar-refractivity contribution < 1.29 is 19.2 Å². The number of carboxylic acid groups (broad SMARTS) is 1. The number of carbonyl (C=O) groups is 2. The van der Waals surface area contributed by atoms with E-state index < -0.39 is 17.9 Å². The van der Waals surface area contributed by atoms with Crippen LogP contribution >= 0.6 is 0 Å². The molecule has 0 aliphatic rings. The van der Waals surface area contributed by atoms with E-state index >= 15 is 0 Å².